The van der Waals surface area contributed by atoms with Crippen molar-refractivity contribution >= 4 is 6.09 Å². The van der Waals surface area contributed by atoms with Crippen molar-refractivity contribution in [2.24, 2.45) is 0 Å². The summed E-state index contributed by atoms with van der Waals surface area (Å²) in [5.74, 6) is 0. The van der Waals surface area contributed by atoms with Crippen molar-refractivity contribution < 1.29 is 11.0 Å². The molecule has 0 heterocycles. The first-order chi connectivity index (χ1) is 6.24. The Morgan fingerprint density at radius 1 is 1.46 bits per heavy atom. The molecule has 0 aromatic carbocycles. The summed E-state index contributed by atoms with van der Waals surface area (Å²) in [6.45, 7) is 7.92. The van der Waals surface area contributed by atoms with Crippen molar-refractivity contribution in [3.05, 3.63) is 0 Å². The fourth-order valence-corrected chi connectivity index (χ4v) is 1.13. The Bertz CT molecular complexity index is 145. The molecule has 0 aliphatic carbocycles. The van der Waals surface area contributed by atoms with Crippen LogP contribution < -0.4 is 5.32 Å². The van der Waals surface area contributed by atoms with Crippen LogP contribution in [-0.2, 0) is 4.74 Å². The number of hydrogen-bond acceptors (Lipinski definition) is 3. The number of ether oxygens (including phenoxy) is 1. The first-order valence-corrected chi connectivity index (χ1v) is 4.78. The second-order valence-electron chi connectivity index (χ2n) is 2.85. The summed E-state index contributed by atoms with van der Waals surface area (Å²) in [4.78, 5) is 13.0. The van der Waals surface area contributed by atoms with Crippen LogP contribution in [0, 0.1) is 0 Å². The van der Waals surface area contributed by atoms with Crippen LogP contribution in [0.1, 0.15) is 21.7 Å². The van der Waals surface area contributed by atoms with E-state index in [0.29, 0.717) is 6.54 Å². The lowest BCUT2D eigenvalue weighted by Crippen LogP contribution is -2.35. The van der Waals surface area contributed by atoms with Crippen LogP contribution in [0.5, 0.6) is 0 Å². The van der Waals surface area contributed by atoms with Crippen LogP contribution in [0.15, 0.2) is 0 Å². The van der Waals surface area contributed by atoms with Crippen LogP contribution in [0.3, 0.4) is 0 Å². The van der Waals surface area contributed by atoms with Crippen molar-refractivity contribution in [3.8, 4) is 0 Å². The number of hydrogen-bond donors (Lipinski definition) is 1. The zero-order valence-corrected chi connectivity index (χ0v) is 8.80. The molecule has 0 fully saturated rings. The third kappa shape index (κ3) is 6.40. The normalized spacial score (nSPS) is 10.2. The fraction of sp³-hybridized carbons (Fsp3) is 0.889. The van der Waals surface area contributed by atoms with Crippen molar-refractivity contribution in [2.75, 3.05) is 33.3 Å². The van der Waals surface area contributed by atoms with E-state index in [-0.39, 0.29) is 7.52 Å². The molecule has 1 amide bonds. The standard InChI is InChI=1S/C9H20N2O2.H2/c1-4-7-11(5-2)8-6-10-9(12)13-3;/h4-8H2,1-3H3,(H,10,12);1H. The number of carbonyl (C=O) groups excluding carboxylic acids is 1. The highest BCUT2D eigenvalue weighted by molar-refractivity contribution is 5.66. The van der Waals surface area contributed by atoms with E-state index in [9.17, 15) is 4.79 Å². The summed E-state index contributed by atoms with van der Waals surface area (Å²) >= 11 is 0. The summed E-state index contributed by atoms with van der Waals surface area (Å²) in [6, 6.07) is 0. The molecule has 0 aromatic rings. The van der Waals surface area contributed by atoms with Gasteiger partial charge in [0.1, 0.15) is 0 Å². The highest BCUT2D eigenvalue weighted by Gasteiger charge is 2.01. The number of likely N-dealkylation sites (N-methyl/N-ethyl adjacent to an activating group) is 1. The summed E-state index contributed by atoms with van der Waals surface area (Å²) in [6.07, 6.45) is 0.791. The number of amides is 1. The number of alkyl carbamates (subject to hydrolysis) is 1. The summed E-state index contributed by atoms with van der Waals surface area (Å²) in [7, 11) is 1.37. The van der Waals surface area contributed by atoms with Crippen molar-refractivity contribution in [2.45, 2.75) is 20.3 Å². The second-order valence-corrected chi connectivity index (χ2v) is 2.85. The van der Waals surface area contributed by atoms with Gasteiger partial charge in [0.05, 0.1) is 7.11 Å². The molecule has 80 valence electrons. The number of methoxy groups -OCH3 is 1. The molecule has 4 nitrogen and oxygen atoms in total. The van der Waals surface area contributed by atoms with Gasteiger partial charge >= 0.3 is 6.09 Å². The molecule has 4 heteroatoms. The van der Waals surface area contributed by atoms with Gasteiger partial charge in [0.25, 0.3) is 0 Å². The predicted octanol–water partition coefficient (Wildman–Crippen LogP) is 1.32. The van der Waals surface area contributed by atoms with Gasteiger partial charge in [0, 0.05) is 14.5 Å². The van der Waals surface area contributed by atoms with Crippen molar-refractivity contribution in [1.82, 2.24) is 10.2 Å². The van der Waals surface area contributed by atoms with E-state index in [2.05, 4.69) is 28.8 Å². The van der Waals surface area contributed by atoms with Gasteiger partial charge in [-0.05, 0) is 19.5 Å². The third-order valence-electron chi connectivity index (χ3n) is 1.87. The highest BCUT2D eigenvalue weighted by atomic mass is 16.5. The molecule has 0 unspecified atom stereocenters. The molecular weight excluding hydrogens is 168 g/mol. The predicted molar refractivity (Wildman–Crippen MR) is 54.9 cm³/mol. The smallest absolute Gasteiger partial charge is 0.406 e. The molecule has 0 rings (SSSR count). The zero-order chi connectivity index (χ0) is 10.1. The largest absolute Gasteiger partial charge is 0.453 e. The summed E-state index contributed by atoms with van der Waals surface area (Å²) in [5.41, 5.74) is 0. The number of carbonyl (C=O) groups is 1. The van der Waals surface area contributed by atoms with Gasteiger partial charge in [0.2, 0.25) is 0 Å². The quantitative estimate of drug-likeness (QED) is 0.687. The van der Waals surface area contributed by atoms with E-state index in [1.54, 1.807) is 0 Å². The van der Waals surface area contributed by atoms with Gasteiger partial charge in [-0.3, -0.25) is 0 Å². The molecule has 0 atom stereocenters. The third-order valence-corrected chi connectivity index (χ3v) is 1.87. The minimum atomic E-state index is -0.354. The van der Waals surface area contributed by atoms with Crippen LogP contribution >= 0.6 is 0 Å². The maximum Gasteiger partial charge on any atom is 0.406 e. The fourth-order valence-electron chi connectivity index (χ4n) is 1.13. The van der Waals surface area contributed by atoms with Gasteiger partial charge in [-0.25, -0.2) is 4.79 Å². The number of nitrogens with one attached hydrogen (secondary N) is 1. The lowest BCUT2D eigenvalue weighted by atomic mass is 10.4. The number of rotatable bonds is 6. The molecule has 0 spiro atoms. The first-order valence-electron chi connectivity index (χ1n) is 4.78. The van der Waals surface area contributed by atoms with Gasteiger partial charge in [-0.2, -0.15) is 0 Å². The van der Waals surface area contributed by atoms with E-state index >= 15 is 0 Å². The molecule has 0 aliphatic heterocycles. The Kier molecular flexibility index (Phi) is 7.39. The van der Waals surface area contributed by atoms with E-state index < -0.39 is 0 Å². The molecule has 0 bridgehead atoms. The Labute approximate surface area is 81.7 Å². The SMILES string of the molecule is CCCN(CC)CCNC(=O)OC.[HH]. The lowest BCUT2D eigenvalue weighted by molar-refractivity contribution is 0.168. The van der Waals surface area contributed by atoms with Crippen LogP contribution in [-0.4, -0.2) is 44.3 Å². The highest BCUT2D eigenvalue weighted by Crippen LogP contribution is 1.88. The molecule has 0 saturated heterocycles. The van der Waals surface area contributed by atoms with Gasteiger partial charge in [0.15, 0.2) is 0 Å². The van der Waals surface area contributed by atoms with Crippen LogP contribution in [0.2, 0.25) is 0 Å². The molecule has 0 aromatic heterocycles. The Hall–Kier alpha value is -0.770. The molecular formula is C9H22N2O2. The number of nitrogens with zero attached hydrogens (tertiary/aromatic N) is 1. The van der Waals surface area contributed by atoms with Gasteiger partial charge < -0.3 is 15.0 Å². The van der Waals surface area contributed by atoms with Gasteiger partial charge in [-0.15, -0.1) is 0 Å². The average molecular weight is 190 g/mol. The Morgan fingerprint density at radius 3 is 2.62 bits per heavy atom. The summed E-state index contributed by atoms with van der Waals surface area (Å²) < 4.78 is 4.46. The lowest BCUT2D eigenvalue weighted by Gasteiger charge is -2.19. The molecule has 0 radical (unpaired) electrons. The van der Waals surface area contributed by atoms with E-state index in [1.807, 2.05) is 0 Å². The van der Waals surface area contributed by atoms with Crippen molar-refractivity contribution in [3.63, 3.8) is 0 Å². The molecule has 13 heavy (non-hydrogen) atoms. The monoisotopic (exact) mass is 190 g/mol. The Morgan fingerprint density at radius 2 is 2.15 bits per heavy atom. The van der Waals surface area contributed by atoms with E-state index in [0.717, 1.165) is 26.1 Å². The minimum Gasteiger partial charge on any atom is -0.453 e. The minimum absolute atomic E-state index is 0. The Balaban J connectivity index is 0. The van der Waals surface area contributed by atoms with E-state index in [1.165, 1.54) is 7.11 Å². The second kappa shape index (κ2) is 7.86. The van der Waals surface area contributed by atoms with Crippen molar-refractivity contribution in [1.29, 1.82) is 0 Å². The maximum absolute atomic E-state index is 10.7. The van der Waals surface area contributed by atoms with Crippen LogP contribution in [0.4, 0.5) is 4.79 Å². The summed E-state index contributed by atoms with van der Waals surface area (Å²) in [5, 5.41) is 2.65. The zero-order valence-electron chi connectivity index (χ0n) is 8.80. The maximum atomic E-state index is 10.7. The average Bonchev–Trinajstić information content (AvgIpc) is 2.16. The van der Waals surface area contributed by atoms with Gasteiger partial charge in [-0.1, -0.05) is 13.8 Å². The topological polar surface area (TPSA) is 41.6 Å². The molecule has 1 N–H and O–H groups in total. The molecule has 0 aliphatic rings. The van der Waals surface area contributed by atoms with Crippen LogP contribution in [0.25, 0.3) is 0 Å². The molecule has 0 saturated carbocycles. The first kappa shape index (κ1) is 12.2. The van der Waals surface area contributed by atoms with E-state index in [4.69, 9.17) is 0 Å².